The van der Waals surface area contributed by atoms with E-state index >= 15 is 0 Å². The van der Waals surface area contributed by atoms with Crippen molar-refractivity contribution in [3.8, 4) is 0 Å². The van der Waals surface area contributed by atoms with Gasteiger partial charge in [0.05, 0.1) is 5.92 Å². The number of ether oxygens (including phenoxy) is 3. The van der Waals surface area contributed by atoms with Crippen molar-refractivity contribution in [3.63, 3.8) is 0 Å². The van der Waals surface area contributed by atoms with E-state index in [-0.39, 0.29) is 23.6 Å². The number of hydrogen-bond acceptors (Lipinski definition) is 6. The Kier molecular flexibility index (Phi) is 3.87. The van der Waals surface area contributed by atoms with Crippen LogP contribution in [-0.4, -0.2) is 36.7 Å². The van der Waals surface area contributed by atoms with Crippen molar-refractivity contribution in [2.24, 2.45) is 5.92 Å². The highest BCUT2D eigenvalue weighted by Crippen LogP contribution is 2.35. The monoisotopic (exact) mass is 268 g/mol. The topological polar surface area (TPSA) is 78.9 Å². The van der Waals surface area contributed by atoms with Crippen molar-refractivity contribution in [2.75, 3.05) is 6.61 Å². The fraction of sp³-hybridized carbons (Fsp3) is 0.615. The van der Waals surface area contributed by atoms with Gasteiger partial charge in [-0.2, -0.15) is 0 Å². The first kappa shape index (κ1) is 13.6. The minimum absolute atomic E-state index is 0.0544. The van der Waals surface area contributed by atoms with Gasteiger partial charge in [-0.25, -0.2) is 9.59 Å². The molecule has 1 aliphatic heterocycles. The molecule has 2 rings (SSSR count). The van der Waals surface area contributed by atoms with Crippen LogP contribution in [0.5, 0.6) is 0 Å². The molecule has 0 N–H and O–H groups in total. The minimum atomic E-state index is -0.638. The zero-order valence-electron chi connectivity index (χ0n) is 10.7. The fourth-order valence-electron chi connectivity index (χ4n) is 2.27. The van der Waals surface area contributed by atoms with Crippen molar-refractivity contribution in [1.82, 2.24) is 0 Å². The van der Waals surface area contributed by atoms with Crippen LogP contribution in [0.4, 0.5) is 0 Å². The molecule has 0 aromatic carbocycles. The van der Waals surface area contributed by atoms with E-state index in [1.807, 2.05) is 0 Å². The summed E-state index contributed by atoms with van der Waals surface area (Å²) < 4.78 is 15.0. The Bertz CT molecular complexity index is 427. The molecule has 0 spiro atoms. The van der Waals surface area contributed by atoms with E-state index in [0.717, 1.165) is 0 Å². The molecule has 0 aromatic heterocycles. The molecule has 3 atom stereocenters. The van der Waals surface area contributed by atoms with Crippen molar-refractivity contribution < 1.29 is 28.6 Å². The molecule has 1 saturated heterocycles. The summed E-state index contributed by atoms with van der Waals surface area (Å²) in [6.45, 7) is 4.44. The molecular formula is C13H16O6. The zero-order chi connectivity index (χ0) is 14.0. The number of carbonyl (C=O) groups excluding carboxylic acids is 3. The third-order valence-electron chi connectivity index (χ3n) is 3.28. The molecule has 104 valence electrons. The van der Waals surface area contributed by atoms with E-state index in [1.54, 1.807) is 0 Å². The van der Waals surface area contributed by atoms with Gasteiger partial charge in [-0.05, 0) is 19.8 Å². The first-order valence-electron chi connectivity index (χ1n) is 6.20. The Morgan fingerprint density at radius 1 is 1.42 bits per heavy atom. The Labute approximate surface area is 110 Å². The van der Waals surface area contributed by atoms with E-state index < -0.39 is 24.6 Å². The second-order valence-electron chi connectivity index (χ2n) is 4.87. The molecule has 2 aliphatic rings. The highest BCUT2D eigenvalue weighted by molar-refractivity contribution is 5.88. The number of fused-ring (bicyclic) bond motifs is 2. The Hall–Kier alpha value is -1.85. The molecule has 1 saturated carbocycles. The van der Waals surface area contributed by atoms with Crippen LogP contribution in [0.15, 0.2) is 12.2 Å². The van der Waals surface area contributed by atoms with Gasteiger partial charge in [-0.1, -0.05) is 6.58 Å². The van der Waals surface area contributed by atoms with Crippen LogP contribution in [0.3, 0.4) is 0 Å². The predicted octanol–water partition coefficient (Wildman–Crippen LogP) is 0.743. The van der Waals surface area contributed by atoms with Gasteiger partial charge in [0.15, 0.2) is 6.61 Å². The van der Waals surface area contributed by atoms with Crippen LogP contribution in [0.25, 0.3) is 0 Å². The Balaban J connectivity index is 1.78. The highest BCUT2D eigenvalue weighted by atomic mass is 16.6. The summed E-state index contributed by atoms with van der Waals surface area (Å²) in [5, 5.41) is 0. The lowest BCUT2D eigenvalue weighted by molar-refractivity contribution is -0.167. The molecule has 3 unspecified atom stereocenters. The first-order chi connectivity index (χ1) is 8.97. The number of esters is 3. The first-order valence-corrected chi connectivity index (χ1v) is 6.20. The van der Waals surface area contributed by atoms with E-state index in [9.17, 15) is 14.4 Å². The van der Waals surface area contributed by atoms with Crippen LogP contribution in [-0.2, 0) is 28.6 Å². The minimum Gasteiger partial charge on any atom is -0.458 e. The largest absolute Gasteiger partial charge is 0.458 e. The zero-order valence-corrected chi connectivity index (χ0v) is 10.7. The summed E-state index contributed by atoms with van der Waals surface area (Å²) in [7, 11) is 0. The third-order valence-corrected chi connectivity index (χ3v) is 3.28. The smallest absolute Gasteiger partial charge is 0.344 e. The third kappa shape index (κ3) is 3.13. The molecule has 6 nitrogen and oxygen atoms in total. The second kappa shape index (κ2) is 5.42. The van der Waals surface area contributed by atoms with Crippen LogP contribution >= 0.6 is 0 Å². The van der Waals surface area contributed by atoms with Crippen LogP contribution < -0.4 is 0 Å². The van der Waals surface area contributed by atoms with Gasteiger partial charge in [-0.15, -0.1) is 0 Å². The van der Waals surface area contributed by atoms with Crippen LogP contribution in [0.1, 0.15) is 26.2 Å². The maximum Gasteiger partial charge on any atom is 0.344 e. The van der Waals surface area contributed by atoms with Gasteiger partial charge in [0.2, 0.25) is 0 Å². The number of hydrogen-bond donors (Lipinski definition) is 0. The summed E-state index contributed by atoms with van der Waals surface area (Å²) in [6.07, 6.45) is 1.08. The number of carbonyl (C=O) groups is 3. The van der Waals surface area contributed by atoms with Crippen molar-refractivity contribution >= 4 is 17.9 Å². The van der Waals surface area contributed by atoms with Gasteiger partial charge in [0.25, 0.3) is 0 Å². The average molecular weight is 268 g/mol. The SMILES string of the molecule is C=C(C)C(=O)OCC(=O)OC1CCC2CC1OC2=O. The van der Waals surface area contributed by atoms with Crippen LogP contribution in [0.2, 0.25) is 0 Å². The summed E-state index contributed by atoms with van der Waals surface area (Å²) in [5.41, 5.74) is 0.220. The lowest BCUT2D eigenvalue weighted by Gasteiger charge is -2.25. The highest BCUT2D eigenvalue weighted by Gasteiger charge is 2.45. The van der Waals surface area contributed by atoms with E-state index in [0.29, 0.717) is 19.3 Å². The van der Waals surface area contributed by atoms with E-state index in [1.165, 1.54) is 6.92 Å². The molecule has 6 heteroatoms. The molecule has 19 heavy (non-hydrogen) atoms. The molecule has 1 aliphatic carbocycles. The van der Waals surface area contributed by atoms with Crippen LogP contribution in [0, 0.1) is 5.92 Å². The van der Waals surface area contributed by atoms with Gasteiger partial charge in [-0.3, -0.25) is 4.79 Å². The molecule has 2 bridgehead atoms. The fourth-order valence-corrected chi connectivity index (χ4v) is 2.27. The summed E-state index contributed by atoms with van der Waals surface area (Å²) in [5.74, 6) is -1.53. The quantitative estimate of drug-likeness (QED) is 0.425. The van der Waals surface area contributed by atoms with Gasteiger partial charge in [0.1, 0.15) is 12.2 Å². The van der Waals surface area contributed by atoms with Crippen molar-refractivity contribution in [2.45, 2.75) is 38.4 Å². The lowest BCUT2D eigenvalue weighted by Crippen LogP contribution is -2.34. The second-order valence-corrected chi connectivity index (χ2v) is 4.87. The summed E-state index contributed by atoms with van der Waals surface area (Å²) in [4.78, 5) is 34.0. The molecular weight excluding hydrogens is 252 g/mol. The summed E-state index contributed by atoms with van der Waals surface area (Å²) >= 11 is 0. The van der Waals surface area contributed by atoms with Crippen molar-refractivity contribution in [3.05, 3.63) is 12.2 Å². The molecule has 0 amide bonds. The maximum atomic E-state index is 11.5. The van der Waals surface area contributed by atoms with Gasteiger partial charge >= 0.3 is 17.9 Å². The van der Waals surface area contributed by atoms with Crippen molar-refractivity contribution in [1.29, 1.82) is 0 Å². The molecule has 1 heterocycles. The average Bonchev–Trinajstić information content (AvgIpc) is 2.66. The van der Waals surface area contributed by atoms with E-state index in [2.05, 4.69) is 11.3 Å². The predicted molar refractivity (Wildman–Crippen MR) is 62.9 cm³/mol. The normalized spacial score (nSPS) is 28.5. The number of rotatable bonds is 4. The lowest BCUT2D eigenvalue weighted by atomic mass is 9.88. The van der Waals surface area contributed by atoms with E-state index in [4.69, 9.17) is 9.47 Å². The van der Waals surface area contributed by atoms with Gasteiger partial charge < -0.3 is 14.2 Å². The molecule has 0 radical (unpaired) electrons. The summed E-state index contributed by atoms with van der Waals surface area (Å²) in [6, 6.07) is 0. The van der Waals surface area contributed by atoms with Gasteiger partial charge in [0, 0.05) is 12.0 Å². The Morgan fingerprint density at radius 2 is 2.16 bits per heavy atom. The molecule has 0 aromatic rings. The standard InChI is InChI=1S/C13H16O6/c1-7(2)12(15)17-6-11(14)18-9-4-3-8-5-10(9)19-13(8)16/h8-10H,1,3-6H2,2H3. The molecule has 2 fully saturated rings. The maximum absolute atomic E-state index is 11.5. The Morgan fingerprint density at radius 3 is 2.84 bits per heavy atom.